The molecule has 0 spiro atoms. The molecule has 0 fully saturated rings. The van der Waals surface area contributed by atoms with E-state index >= 15 is 0 Å². The molecule has 29 heavy (non-hydrogen) atoms. The number of nitrogens with zero attached hydrogens (tertiary/aromatic N) is 1. The van der Waals surface area contributed by atoms with Gasteiger partial charge >= 0.3 is 0 Å². The monoisotopic (exact) mass is 408 g/mol. The van der Waals surface area contributed by atoms with E-state index in [1.807, 2.05) is 0 Å². The summed E-state index contributed by atoms with van der Waals surface area (Å²) in [5, 5.41) is 14.5. The van der Waals surface area contributed by atoms with Crippen molar-refractivity contribution >= 4 is 17.5 Å². The Balaban J connectivity index is 1.94. The van der Waals surface area contributed by atoms with Crippen LogP contribution in [0, 0.1) is 11.3 Å². The molecule has 3 nitrogen and oxygen atoms in total. The van der Waals surface area contributed by atoms with Crippen molar-refractivity contribution < 1.29 is 4.79 Å². The lowest BCUT2D eigenvalue weighted by molar-refractivity contribution is -0.116. The van der Waals surface area contributed by atoms with Gasteiger partial charge in [0.05, 0.1) is 22.6 Å². The van der Waals surface area contributed by atoms with Crippen molar-refractivity contribution in [1.29, 1.82) is 5.26 Å². The van der Waals surface area contributed by atoms with Gasteiger partial charge in [-0.15, -0.1) is 11.8 Å². The van der Waals surface area contributed by atoms with E-state index in [4.69, 9.17) is 0 Å². The van der Waals surface area contributed by atoms with Gasteiger partial charge in [0.15, 0.2) is 5.78 Å². The van der Waals surface area contributed by atoms with Crippen LogP contribution in [0.3, 0.4) is 0 Å². The van der Waals surface area contributed by atoms with Gasteiger partial charge in [-0.2, -0.15) is 5.26 Å². The second-order valence-electron chi connectivity index (χ2n) is 8.31. The summed E-state index contributed by atoms with van der Waals surface area (Å²) in [6.07, 6.45) is 7.22. The maximum absolute atomic E-state index is 12.9. The Kier molecular flexibility index (Phi) is 7.61. The minimum Gasteiger partial charge on any atom is -0.352 e. The Morgan fingerprint density at radius 2 is 1.93 bits per heavy atom. The van der Waals surface area contributed by atoms with Crippen molar-refractivity contribution in [3.05, 3.63) is 57.3 Å². The Morgan fingerprint density at radius 1 is 1.17 bits per heavy atom. The summed E-state index contributed by atoms with van der Waals surface area (Å²) in [7, 11) is 0. The second kappa shape index (κ2) is 10.2. The van der Waals surface area contributed by atoms with Gasteiger partial charge in [-0.1, -0.05) is 64.3 Å². The zero-order valence-electron chi connectivity index (χ0n) is 17.9. The highest BCUT2D eigenvalue weighted by Crippen LogP contribution is 2.44. The fraction of sp³-hybridized carbons (Fsp3) is 0.520. The maximum Gasteiger partial charge on any atom is 0.161 e. The van der Waals surface area contributed by atoms with Crippen LogP contribution in [0.15, 0.2) is 46.1 Å². The quantitative estimate of drug-likeness (QED) is 0.495. The number of benzene rings is 1. The highest BCUT2D eigenvalue weighted by Gasteiger charge is 2.36. The van der Waals surface area contributed by atoms with Crippen molar-refractivity contribution in [1.82, 2.24) is 5.32 Å². The SMILES string of the molecule is CCCCCCSC1=C(C#N)[C@@H](c2ccc(C(C)C)cc2)C2=C(CCCC2=O)N1. The number of carbonyl (C=O) groups is 1. The van der Waals surface area contributed by atoms with Crippen LogP contribution in [0.4, 0.5) is 0 Å². The molecule has 0 bridgehead atoms. The number of ketones is 1. The third kappa shape index (κ3) is 4.95. The summed E-state index contributed by atoms with van der Waals surface area (Å²) in [4.78, 5) is 12.9. The molecule has 1 aromatic carbocycles. The van der Waals surface area contributed by atoms with Gasteiger partial charge in [-0.3, -0.25) is 4.79 Å². The molecule has 1 aliphatic carbocycles. The first-order valence-corrected chi connectivity index (χ1v) is 12.0. The van der Waals surface area contributed by atoms with E-state index in [1.165, 1.54) is 24.8 Å². The largest absolute Gasteiger partial charge is 0.352 e. The molecule has 154 valence electrons. The molecule has 1 atom stereocenters. The standard InChI is InChI=1S/C25H32N2OS/c1-4-5-6-7-15-29-25-20(16-26)23(19-13-11-18(12-14-19)17(2)3)24-21(27-25)9-8-10-22(24)28/h11-14,17,23,27H,4-10,15H2,1-3H3/t23-/m1/s1. The molecule has 0 saturated carbocycles. The number of hydrogen-bond donors (Lipinski definition) is 1. The predicted molar refractivity (Wildman–Crippen MR) is 122 cm³/mol. The minimum atomic E-state index is -0.233. The molecule has 2 aliphatic rings. The van der Waals surface area contributed by atoms with E-state index in [2.05, 4.69) is 56.4 Å². The Labute approximate surface area is 179 Å². The zero-order chi connectivity index (χ0) is 20.8. The molecule has 0 saturated heterocycles. The van der Waals surface area contributed by atoms with Gasteiger partial charge < -0.3 is 5.32 Å². The van der Waals surface area contributed by atoms with Crippen LogP contribution < -0.4 is 5.32 Å². The molecule has 4 heteroatoms. The number of allylic oxidation sites excluding steroid dienone is 3. The molecular formula is C25H32N2OS. The summed E-state index contributed by atoms with van der Waals surface area (Å²) in [6, 6.07) is 11.0. The van der Waals surface area contributed by atoms with Crippen LogP contribution in [0.5, 0.6) is 0 Å². The van der Waals surface area contributed by atoms with E-state index in [1.54, 1.807) is 11.8 Å². The van der Waals surface area contributed by atoms with Crippen LogP contribution in [0.1, 0.15) is 88.7 Å². The van der Waals surface area contributed by atoms with Gasteiger partial charge in [0.1, 0.15) is 0 Å². The number of Topliss-reactive ketones (excluding diaryl/α,β-unsaturated/α-hetero) is 1. The number of thioether (sulfide) groups is 1. The van der Waals surface area contributed by atoms with Crippen LogP contribution in [0.25, 0.3) is 0 Å². The average Bonchev–Trinajstić information content (AvgIpc) is 2.73. The summed E-state index contributed by atoms with van der Waals surface area (Å²) in [5.41, 5.74) is 4.89. The average molecular weight is 409 g/mol. The molecule has 0 unspecified atom stereocenters. The second-order valence-corrected chi connectivity index (χ2v) is 9.42. The molecule has 1 aromatic rings. The molecule has 1 heterocycles. The van der Waals surface area contributed by atoms with Crippen LogP contribution in [-0.4, -0.2) is 11.5 Å². The van der Waals surface area contributed by atoms with Crippen molar-refractivity contribution in [2.75, 3.05) is 5.75 Å². The summed E-state index contributed by atoms with van der Waals surface area (Å²) in [5.74, 6) is 1.42. The molecule has 1 aliphatic heterocycles. The number of hydrogen-bond acceptors (Lipinski definition) is 4. The summed E-state index contributed by atoms with van der Waals surface area (Å²) < 4.78 is 0. The maximum atomic E-state index is 12.9. The molecular weight excluding hydrogens is 376 g/mol. The first kappa shape index (κ1) is 21.7. The van der Waals surface area contributed by atoms with E-state index in [-0.39, 0.29) is 11.7 Å². The molecule has 0 amide bonds. The Bertz CT molecular complexity index is 843. The zero-order valence-corrected chi connectivity index (χ0v) is 18.7. The third-order valence-electron chi connectivity index (χ3n) is 5.84. The fourth-order valence-corrected chi connectivity index (χ4v) is 5.21. The van der Waals surface area contributed by atoms with E-state index < -0.39 is 0 Å². The van der Waals surface area contributed by atoms with E-state index in [0.717, 1.165) is 46.9 Å². The number of nitrogens with one attached hydrogen (secondary N) is 1. The fourth-order valence-electron chi connectivity index (χ4n) is 4.15. The number of carbonyl (C=O) groups excluding carboxylic acids is 1. The van der Waals surface area contributed by atoms with Gasteiger partial charge in [0, 0.05) is 17.7 Å². The smallest absolute Gasteiger partial charge is 0.161 e. The Morgan fingerprint density at radius 3 is 2.59 bits per heavy atom. The van der Waals surface area contributed by atoms with Crippen molar-refractivity contribution in [2.45, 2.75) is 77.6 Å². The van der Waals surface area contributed by atoms with Crippen molar-refractivity contribution in [3.63, 3.8) is 0 Å². The number of dihydropyridines is 1. The molecule has 0 aromatic heterocycles. The lowest BCUT2D eigenvalue weighted by atomic mass is 9.76. The molecule has 0 radical (unpaired) electrons. The molecule has 3 rings (SSSR count). The summed E-state index contributed by atoms with van der Waals surface area (Å²) >= 11 is 1.74. The number of unbranched alkanes of at least 4 members (excludes halogenated alkanes) is 3. The normalized spacial score (nSPS) is 19.3. The third-order valence-corrected chi connectivity index (χ3v) is 6.95. The Hall–Kier alpha value is -1.99. The van der Waals surface area contributed by atoms with Gasteiger partial charge in [-0.25, -0.2) is 0 Å². The van der Waals surface area contributed by atoms with Gasteiger partial charge in [0.25, 0.3) is 0 Å². The van der Waals surface area contributed by atoms with Crippen LogP contribution in [-0.2, 0) is 4.79 Å². The topological polar surface area (TPSA) is 52.9 Å². The van der Waals surface area contributed by atoms with Crippen molar-refractivity contribution in [2.24, 2.45) is 0 Å². The van der Waals surface area contributed by atoms with Gasteiger partial charge in [0.2, 0.25) is 0 Å². The highest BCUT2D eigenvalue weighted by molar-refractivity contribution is 8.03. The van der Waals surface area contributed by atoms with Crippen LogP contribution in [0.2, 0.25) is 0 Å². The van der Waals surface area contributed by atoms with E-state index in [9.17, 15) is 10.1 Å². The minimum absolute atomic E-state index is 0.191. The van der Waals surface area contributed by atoms with E-state index in [0.29, 0.717) is 17.9 Å². The lowest BCUT2D eigenvalue weighted by Gasteiger charge is -2.33. The predicted octanol–water partition coefficient (Wildman–Crippen LogP) is 6.55. The first-order valence-electron chi connectivity index (χ1n) is 11.0. The highest BCUT2D eigenvalue weighted by atomic mass is 32.2. The van der Waals surface area contributed by atoms with Crippen molar-refractivity contribution in [3.8, 4) is 6.07 Å². The number of nitriles is 1. The summed E-state index contributed by atoms with van der Waals surface area (Å²) in [6.45, 7) is 6.58. The van der Waals surface area contributed by atoms with Crippen LogP contribution >= 0.6 is 11.8 Å². The number of rotatable bonds is 8. The lowest BCUT2D eigenvalue weighted by Crippen LogP contribution is -2.31. The van der Waals surface area contributed by atoms with Gasteiger partial charge in [-0.05, 0) is 42.1 Å². The first-order chi connectivity index (χ1) is 14.1. The molecule has 1 N–H and O–H groups in total.